The zero-order chi connectivity index (χ0) is 19.1. The summed E-state index contributed by atoms with van der Waals surface area (Å²) in [6.45, 7) is 1.81. The summed E-state index contributed by atoms with van der Waals surface area (Å²) >= 11 is 5.96. The topological polar surface area (TPSA) is 97.6 Å². The van der Waals surface area contributed by atoms with Crippen LogP contribution in [0.3, 0.4) is 0 Å². The molecule has 3 rings (SSSR count). The minimum Gasteiger partial charge on any atom is -0.321 e. The number of fused-ring (bicyclic) bond motifs is 1. The second kappa shape index (κ2) is 6.54. The lowest BCUT2D eigenvalue weighted by Crippen LogP contribution is -2.27. The van der Waals surface area contributed by atoms with Crippen LogP contribution in [0.15, 0.2) is 52.4 Å². The van der Waals surface area contributed by atoms with E-state index in [1.807, 2.05) is 6.92 Å². The first kappa shape index (κ1) is 18.1. The van der Waals surface area contributed by atoms with Crippen molar-refractivity contribution >= 4 is 38.7 Å². The summed E-state index contributed by atoms with van der Waals surface area (Å²) in [5.74, 6) is -0.773. The zero-order valence-corrected chi connectivity index (χ0v) is 15.4. The summed E-state index contributed by atoms with van der Waals surface area (Å²) in [6.07, 6.45) is 3.72. The van der Waals surface area contributed by atoms with E-state index in [-0.39, 0.29) is 21.2 Å². The summed E-state index contributed by atoms with van der Waals surface area (Å²) < 4.78 is 25.2. The molecule has 134 valence electrons. The second-order valence-electron chi connectivity index (χ2n) is 5.75. The molecule has 2 aromatic heterocycles. The number of hydrogen-bond acceptors (Lipinski definition) is 5. The Morgan fingerprint density at radius 3 is 2.65 bits per heavy atom. The molecule has 0 fully saturated rings. The van der Waals surface area contributed by atoms with E-state index in [4.69, 9.17) is 11.6 Å². The number of nitrogens with one attached hydrogen (secondary N) is 1. The van der Waals surface area contributed by atoms with Crippen molar-refractivity contribution in [3.8, 4) is 0 Å². The predicted molar refractivity (Wildman–Crippen MR) is 98.7 cm³/mol. The van der Waals surface area contributed by atoms with Crippen LogP contribution < -0.4 is 10.9 Å². The van der Waals surface area contributed by atoms with Gasteiger partial charge in [0.15, 0.2) is 9.84 Å². The van der Waals surface area contributed by atoms with Crippen molar-refractivity contribution in [2.45, 2.75) is 11.8 Å². The first-order chi connectivity index (χ1) is 12.2. The van der Waals surface area contributed by atoms with Gasteiger partial charge in [-0.1, -0.05) is 23.7 Å². The first-order valence-corrected chi connectivity index (χ1v) is 9.73. The van der Waals surface area contributed by atoms with E-state index in [0.29, 0.717) is 5.65 Å². The highest BCUT2D eigenvalue weighted by Gasteiger charge is 2.21. The van der Waals surface area contributed by atoms with Crippen LogP contribution in [0.25, 0.3) is 5.65 Å². The lowest BCUT2D eigenvalue weighted by Gasteiger charge is -2.11. The molecule has 1 N–H and O–H groups in total. The molecule has 0 saturated carbocycles. The number of anilines is 1. The number of hydrogen-bond donors (Lipinski definition) is 1. The number of sulfone groups is 1. The van der Waals surface area contributed by atoms with Crippen LogP contribution in [0.1, 0.15) is 15.9 Å². The third kappa shape index (κ3) is 3.33. The average Bonchev–Trinajstić information content (AvgIpc) is 2.54. The molecule has 0 aliphatic carbocycles. The Balaban J connectivity index is 2.08. The molecule has 0 aliphatic rings. The lowest BCUT2D eigenvalue weighted by molar-refractivity contribution is 0.102. The summed E-state index contributed by atoms with van der Waals surface area (Å²) in [4.78, 5) is 29.0. The number of pyridine rings is 1. The van der Waals surface area contributed by atoms with Gasteiger partial charge in [0.25, 0.3) is 11.5 Å². The van der Waals surface area contributed by atoms with Gasteiger partial charge in [-0.25, -0.2) is 13.4 Å². The standard InChI is InChI=1S/C17H14ClN3O4S/c1-10-6-7-14-19-8-11(17(23)21(14)9-10)16(22)20-13-5-3-4-12(18)15(13)26(2,24)25/h3-9H,1-2H3,(H,20,22). The van der Waals surface area contributed by atoms with Gasteiger partial charge in [-0.2, -0.15) is 0 Å². The molecule has 0 atom stereocenters. The Bertz CT molecular complexity index is 1200. The monoisotopic (exact) mass is 391 g/mol. The highest BCUT2D eigenvalue weighted by molar-refractivity contribution is 7.91. The molecular formula is C17H14ClN3O4S. The number of halogens is 1. The average molecular weight is 392 g/mol. The van der Waals surface area contributed by atoms with Gasteiger partial charge in [0.2, 0.25) is 0 Å². The van der Waals surface area contributed by atoms with Crippen LogP contribution >= 0.6 is 11.6 Å². The van der Waals surface area contributed by atoms with Gasteiger partial charge in [-0.05, 0) is 30.7 Å². The molecule has 1 amide bonds. The number of benzene rings is 1. The van der Waals surface area contributed by atoms with Gasteiger partial charge in [-0.3, -0.25) is 14.0 Å². The molecule has 2 heterocycles. The van der Waals surface area contributed by atoms with Crippen molar-refractivity contribution in [2.24, 2.45) is 0 Å². The highest BCUT2D eigenvalue weighted by atomic mass is 35.5. The normalized spacial score (nSPS) is 11.5. The van der Waals surface area contributed by atoms with Crippen molar-refractivity contribution in [3.05, 3.63) is 69.2 Å². The Labute approximate surface area is 154 Å². The van der Waals surface area contributed by atoms with Crippen LogP contribution in [-0.4, -0.2) is 30.0 Å². The van der Waals surface area contributed by atoms with Gasteiger partial charge in [0.05, 0.1) is 10.7 Å². The van der Waals surface area contributed by atoms with E-state index in [0.717, 1.165) is 18.0 Å². The Morgan fingerprint density at radius 2 is 1.96 bits per heavy atom. The molecule has 3 aromatic rings. The Hall–Kier alpha value is -2.71. The van der Waals surface area contributed by atoms with Crippen molar-refractivity contribution < 1.29 is 13.2 Å². The molecule has 0 aliphatic heterocycles. The summed E-state index contributed by atoms with van der Waals surface area (Å²) in [7, 11) is -3.69. The van der Waals surface area contributed by atoms with Crippen LogP contribution in [0, 0.1) is 6.92 Å². The smallest absolute Gasteiger partial charge is 0.270 e. The summed E-state index contributed by atoms with van der Waals surface area (Å²) in [5.41, 5.74) is 0.454. The fraction of sp³-hybridized carbons (Fsp3) is 0.118. The van der Waals surface area contributed by atoms with Crippen molar-refractivity contribution in [1.29, 1.82) is 0 Å². The first-order valence-electron chi connectivity index (χ1n) is 7.46. The Kier molecular flexibility index (Phi) is 4.55. The van der Waals surface area contributed by atoms with Crippen LogP contribution in [0.5, 0.6) is 0 Å². The van der Waals surface area contributed by atoms with Crippen LogP contribution in [0.4, 0.5) is 5.69 Å². The molecule has 1 aromatic carbocycles. The van der Waals surface area contributed by atoms with E-state index in [1.165, 1.54) is 22.6 Å². The van der Waals surface area contributed by atoms with E-state index in [2.05, 4.69) is 10.3 Å². The van der Waals surface area contributed by atoms with Gasteiger partial charge < -0.3 is 5.32 Å². The van der Waals surface area contributed by atoms with Gasteiger partial charge in [-0.15, -0.1) is 0 Å². The number of carbonyl (C=O) groups excluding carboxylic acids is 1. The minimum absolute atomic E-state index is 0.00117. The number of aryl methyl sites for hydroxylation is 1. The van der Waals surface area contributed by atoms with E-state index in [9.17, 15) is 18.0 Å². The zero-order valence-electron chi connectivity index (χ0n) is 13.9. The number of nitrogens with zero attached hydrogens (tertiary/aromatic N) is 2. The molecule has 0 bridgehead atoms. The molecule has 26 heavy (non-hydrogen) atoms. The molecule has 0 spiro atoms. The fourth-order valence-electron chi connectivity index (χ4n) is 2.51. The summed E-state index contributed by atoms with van der Waals surface area (Å²) in [5, 5.41) is 2.42. The van der Waals surface area contributed by atoms with Crippen molar-refractivity contribution in [1.82, 2.24) is 9.38 Å². The van der Waals surface area contributed by atoms with Gasteiger partial charge >= 0.3 is 0 Å². The number of rotatable bonds is 3. The molecule has 0 unspecified atom stereocenters. The van der Waals surface area contributed by atoms with Crippen LogP contribution in [-0.2, 0) is 9.84 Å². The maximum absolute atomic E-state index is 12.6. The maximum atomic E-state index is 12.6. The minimum atomic E-state index is -3.69. The van der Waals surface area contributed by atoms with E-state index < -0.39 is 21.3 Å². The fourth-order valence-corrected chi connectivity index (χ4v) is 4.05. The SMILES string of the molecule is Cc1ccc2ncc(C(=O)Nc3cccc(Cl)c3S(C)(=O)=O)c(=O)n2c1. The quantitative estimate of drug-likeness (QED) is 0.738. The largest absolute Gasteiger partial charge is 0.321 e. The number of amides is 1. The van der Waals surface area contributed by atoms with E-state index in [1.54, 1.807) is 18.3 Å². The van der Waals surface area contributed by atoms with Crippen molar-refractivity contribution in [2.75, 3.05) is 11.6 Å². The highest BCUT2D eigenvalue weighted by Crippen LogP contribution is 2.29. The number of carbonyl (C=O) groups is 1. The van der Waals surface area contributed by atoms with Gasteiger partial charge in [0, 0.05) is 18.6 Å². The molecule has 7 nitrogen and oxygen atoms in total. The Morgan fingerprint density at radius 1 is 1.23 bits per heavy atom. The predicted octanol–water partition coefficient (Wildman–Crippen LogP) is 2.31. The second-order valence-corrected chi connectivity index (χ2v) is 8.11. The third-order valence-electron chi connectivity index (χ3n) is 3.68. The van der Waals surface area contributed by atoms with Crippen molar-refractivity contribution in [3.63, 3.8) is 0 Å². The van der Waals surface area contributed by atoms with E-state index >= 15 is 0 Å². The molecule has 0 saturated heterocycles. The molecular weight excluding hydrogens is 378 g/mol. The van der Waals surface area contributed by atoms with Crippen LogP contribution in [0.2, 0.25) is 5.02 Å². The summed E-state index contributed by atoms with van der Waals surface area (Å²) in [6, 6.07) is 7.77. The number of aromatic nitrogens is 2. The molecule has 9 heteroatoms. The molecule has 0 radical (unpaired) electrons. The third-order valence-corrected chi connectivity index (χ3v) is 5.29. The lowest BCUT2D eigenvalue weighted by atomic mass is 10.2. The van der Waals surface area contributed by atoms with Gasteiger partial charge in [0.1, 0.15) is 16.1 Å². The maximum Gasteiger partial charge on any atom is 0.270 e.